The van der Waals surface area contributed by atoms with Crippen LogP contribution in [0.2, 0.25) is 5.15 Å². The van der Waals surface area contributed by atoms with Gasteiger partial charge in [0.05, 0.1) is 11.1 Å². The number of hydrogen-bond acceptors (Lipinski definition) is 6. The summed E-state index contributed by atoms with van der Waals surface area (Å²) in [5, 5.41) is 7.58. The van der Waals surface area contributed by atoms with Crippen LogP contribution in [0.1, 0.15) is 30.3 Å². The molecule has 0 spiro atoms. The molecule has 0 unspecified atom stereocenters. The minimum absolute atomic E-state index is 0.0106. The van der Waals surface area contributed by atoms with Crippen LogP contribution in [0, 0.1) is 0 Å². The van der Waals surface area contributed by atoms with Gasteiger partial charge in [0, 0.05) is 18.1 Å². The number of amides is 1. The maximum atomic E-state index is 12.6. The Labute approximate surface area is 171 Å². The summed E-state index contributed by atoms with van der Waals surface area (Å²) >= 11 is 5.89. The van der Waals surface area contributed by atoms with E-state index in [0.717, 1.165) is 12.8 Å². The van der Waals surface area contributed by atoms with Gasteiger partial charge in [-0.1, -0.05) is 43.1 Å². The van der Waals surface area contributed by atoms with Crippen LogP contribution in [-0.2, 0) is 16.1 Å². The lowest BCUT2D eigenvalue weighted by atomic mass is 10.1. The van der Waals surface area contributed by atoms with Gasteiger partial charge in [-0.05, 0) is 24.6 Å². The molecular weight excluding hydrogens is 396 g/mol. The predicted octanol–water partition coefficient (Wildman–Crippen LogP) is 3.04. The van der Waals surface area contributed by atoms with Crippen molar-refractivity contribution in [3.8, 4) is 0 Å². The molecule has 29 heavy (non-hydrogen) atoms. The number of fused-ring (bicyclic) bond motifs is 1. The van der Waals surface area contributed by atoms with Crippen molar-refractivity contribution in [2.45, 2.75) is 26.3 Å². The fourth-order valence-corrected chi connectivity index (χ4v) is 2.88. The number of carbonyl (C=O) groups is 2. The minimum atomic E-state index is -0.793. The Balaban J connectivity index is 1.79. The number of carbonyl (C=O) groups excluding carboxylic acids is 2. The lowest BCUT2D eigenvalue weighted by Gasteiger charge is -2.11. The number of nitrogens with one attached hydrogen (secondary N) is 1. The molecule has 2 aromatic heterocycles. The van der Waals surface area contributed by atoms with E-state index in [0.29, 0.717) is 23.0 Å². The molecule has 0 radical (unpaired) electrons. The smallest absolute Gasteiger partial charge is 0.359 e. The van der Waals surface area contributed by atoms with Crippen LogP contribution in [0.5, 0.6) is 0 Å². The number of halogens is 1. The summed E-state index contributed by atoms with van der Waals surface area (Å²) in [4.78, 5) is 41.1. The summed E-state index contributed by atoms with van der Waals surface area (Å²) < 4.78 is 6.38. The number of nitrogens with zero attached hydrogens (tertiary/aromatic N) is 3. The van der Waals surface area contributed by atoms with E-state index >= 15 is 0 Å². The molecule has 150 valence electrons. The quantitative estimate of drug-likeness (QED) is 0.470. The van der Waals surface area contributed by atoms with E-state index in [1.165, 1.54) is 10.9 Å². The summed E-state index contributed by atoms with van der Waals surface area (Å²) in [6.45, 7) is 1.85. The van der Waals surface area contributed by atoms with Gasteiger partial charge >= 0.3 is 5.97 Å². The Hall–Kier alpha value is -3.26. The van der Waals surface area contributed by atoms with Crippen LogP contribution in [0.25, 0.3) is 10.8 Å². The Morgan fingerprint density at radius 2 is 1.93 bits per heavy atom. The maximum absolute atomic E-state index is 12.6. The van der Waals surface area contributed by atoms with Crippen molar-refractivity contribution in [3.63, 3.8) is 0 Å². The molecule has 0 atom stereocenters. The second-order valence-corrected chi connectivity index (χ2v) is 6.60. The first kappa shape index (κ1) is 20.5. The fourth-order valence-electron chi connectivity index (χ4n) is 2.71. The summed E-state index contributed by atoms with van der Waals surface area (Å²) in [5.74, 6) is -1.37. The van der Waals surface area contributed by atoms with Crippen LogP contribution in [-0.4, -0.2) is 33.2 Å². The lowest BCUT2D eigenvalue weighted by molar-refractivity contribution is -0.119. The van der Waals surface area contributed by atoms with Crippen LogP contribution in [0.3, 0.4) is 0 Å². The molecule has 0 fully saturated rings. The first-order valence-electron chi connectivity index (χ1n) is 9.08. The number of anilines is 1. The Morgan fingerprint density at radius 3 is 2.66 bits per heavy atom. The van der Waals surface area contributed by atoms with Gasteiger partial charge in [-0.2, -0.15) is 5.10 Å². The number of ether oxygens (including phenoxy) is 1. The van der Waals surface area contributed by atoms with Crippen LogP contribution in [0.4, 0.5) is 5.69 Å². The number of aryl methyl sites for hydroxylation is 1. The van der Waals surface area contributed by atoms with Gasteiger partial charge in [-0.25, -0.2) is 14.5 Å². The first-order chi connectivity index (χ1) is 14.0. The minimum Gasteiger partial charge on any atom is -0.451 e. The SMILES string of the molecule is CCCCn1nc(C(=O)OCC(=O)Nc2cccnc2Cl)c2ccccc2c1=O. The Kier molecular flexibility index (Phi) is 6.56. The number of pyridine rings is 1. The monoisotopic (exact) mass is 414 g/mol. The summed E-state index contributed by atoms with van der Waals surface area (Å²) in [6.07, 6.45) is 3.11. The molecule has 0 aliphatic carbocycles. The van der Waals surface area contributed by atoms with E-state index in [-0.39, 0.29) is 16.4 Å². The highest BCUT2D eigenvalue weighted by atomic mass is 35.5. The summed E-state index contributed by atoms with van der Waals surface area (Å²) in [5.41, 5.74) is 0.0324. The maximum Gasteiger partial charge on any atom is 0.359 e. The Bertz CT molecular complexity index is 1110. The number of aromatic nitrogens is 3. The average molecular weight is 415 g/mol. The highest BCUT2D eigenvalue weighted by molar-refractivity contribution is 6.32. The zero-order chi connectivity index (χ0) is 20.8. The number of unbranched alkanes of at least 4 members (excludes halogenated alkanes) is 1. The van der Waals surface area contributed by atoms with Crippen molar-refractivity contribution in [1.29, 1.82) is 0 Å². The largest absolute Gasteiger partial charge is 0.451 e. The third-order valence-electron chi connectivity index (χ3n) is 4.15. The van der Waals surface area contributed by atoms with Crippen molar-refractivity contribution in [2.75, 3.05) is 11.9 Å². The molecule has 3 rings (SSSR count). The van der Waals surface area contributed by atoms with Crippen LogP contribution >= 0.6 is 11.6 Å². The molecule has 0 aliphatic heterocycles. The van der Waals surface area contributed by atoms with Crippen molar-refractivity contribution in [3.05, 3.63) is 63.8 Å². The molecule has 9 heteroatoms. The number of benzene rings is 1. The highest BCUT2D eigenvalue weighted by Gasteiger charge is 2.19. The molecule has 0 saturated heterocycles. The zero-order valence-electron chi connectivity index (χ0n) is 15.7. The molecule has 8 nitrogen and oxygen atoms in total. The van der Waals surface area contributed by atoms with Gasteiger partial charge in [0.2, 0.25) is 0 Å². The average Bonchev–Trinajstić information content (AvgIpc) is 2.73. The van der Waals surface area contributed by atoms with Gasteiger partial charge in [-0.15, -0.1) is 0 Å². The van der Waals surface area contributed by atoms with E-state index < -0.39 is 18.5 Å². The van der Waals surface area contributed by atoms with E-state index in [1.807, 2.05) is 6.92 Å². The van der Waals surface area contributed by atoms with Gasteiger partial charge in [-0.3, -0.25) is 9.59 Å². The topological polar surface area (TPSA) is 103 Å². The van der Waals surface area contributed by atoms with Crippen molar-refractivity contribution >= 4 is 39.9 Å². The highest BCUT2D eigenvalue weighted by Crippen LogP contribution is 2.17. The number of rotatable bonds is 7. The summed E-state index contributed by atoms with van der Waals surface area (Å²) in [7, 11) is 0. The molecular formula is C20H19ClN4O4. The third-order valence-corrected chi connectivity index (χ3v) is 4.45. The van der Waals surface area contributed by atoms with Gasteiger partial charge in [0.15, 0.2) is 17.5 Å². The van der Waals surface area contributed by atoms with Crippen molar-refractivity contribution < 1.29 is 14.3 Å². The van der Waals surface area contributed by atoms with E-state index in [1.54, 1.807) is 36.4 Å². The van der Waals surface area contributed by atoms with Crippen molar-refractivity contribution in [2.24, 2.45) is 0 Å². The second kappa shape index (κ2) is 9.29. The number of esters is 1. The molecule has 2 heterocycles. The molecule has 1 amide bonds. The molecule has 3 aromatic rings. The van der Waals surface area contributed by atoms with E-state index in [9.17, 15) is 14.4 Å². The fraction of sp³-hybridized carbons (Fsp3) is 0.250. The van der Waals surface area contributed by atoms with Crippen LogP contribution < -0.4 is 10.9 Å². The molecule has 0 saturated carbocycles. The molecule has 0 bridgehead atoms. The molecule has 1 aromatic carbocycles. The lowest BCUT2D eigenvalue weighted by Crippen LogP contribution is -2.28. The summed E-state index contributed by atoms with van der Waals surface area (Å²) in [6, 6.07) is 9.87. The first-order valence-corrected chi connectivity index (χ1v) is 9.46. The standard InChI is InChI=1S/C20H19ClN4O4/c1-2-3-11-25-19(27)14-8-5-4-7-13(14)17(24-25)20(28)29-12-16(26)23-15-9-6-10-22-18(15)21/h4-10H,2-3,11-12H2,1H3,(H,23,26). The van der Waals surface area contributed by atoms with Gasteiger partial charge in [0.1, 0.15) is 0 Å². The molecule has 1 N–H and O–H groups in total. The van der Waals surface area contributed by atoms with Crippen molar-refractivity contribution in [1.82, 2.24) is 14.8 Å². The second-order valence-electron chi connectivity index (χ2n) is 6.24. The molecule has 0 aliphatic rings. The normalized spacial score (nSPS) is 10.7. The Morgan fingerprint density at radius 1 is 1.17 bits per heavy atom. The van der Waals surface area contributed by atoms with Gasteiger partial charge in [0.25, 0.3) is 11.5 Å². The van der Waals surface area contributed by atoms with E-state index in [4.69, 9.17) is 16.3 Å². The van der Waals surface area contributed by atoms with E-state index in [2.05, 4.69) is 15.4 Å². The number of hydrogen-bond donors (Lipinski definition) is 1. The third kappa shape index (κ3) is 4.78. The van der Waals surface area contributed by atoms with Gasteiger partial charge < -0.3 is 10.1 Å². The predicted molar refractivity (Wildman–Crippen MR) is 109 cm³/mol. The zero-order valence-corrected chi connectivity index (χ0v) is 16.5. The van der Waals surface area contributed by atoms with Crippen LogP contribution in [0.15, 0.2) is 47.4 Å².